The van der Waals surface area contributed by atoms with Gasteiger partial charge < -0.3 is 23.7 Å². The number of esters is 2. The summed E-state index contributed by atoms with van der Waals surface area (Å²) >= 11 is 10.5. The number of methoxy groups -OCH3 is 1. The standard InChI is InChI=1S/C35H31Br2IN2O8S/c1-5-45-27-14-21(9-12-26(27)47-18-29(41)44-4)31-30(34(43)46-6-2)19(3)39-35-40(31)33(42)28(49-35)15-22-13-24(37)16-25(38)32(22)48-17-20-7-10-23(36)11-8-20/h7-16,31H,5-6,17-18H2,1-4H3/b28-15+/t31-/m1/s1. The summed E-state index contributed by atoms with van der Waals surface area (Å²) in [5.74, 6) is 0.129. The van der Waals surface area contributed by atoms with E-state index in [0.29, 0.717) is 56.6 Å². The summed E-state index contributed by atoms with van der Waals surface area (Å²) in [6, 6.07) is 15.9. The Morgan fingerprint density at radius 3 is 2.43 bits per heavy atom. The third kappa shape index (κ3) is 8.47. The maximum absolute atomic E-state index is 14.4. The molecule has 0 saturated carbocycles. The lowest BCUT2D eigenvalue weighted by Crippen LogP contribution is -2.40. The minimum Gasteiger partial charge on any atom is -0.490 e. The van der Waals surface area contributed by atoms with Crippen LogP contribution >= 0.6 is 65.8 Å². The molecule has 14 heteroatoms. The van der Waals surface area contributed by atoms with E-state index in [1.807, 2.05) is 43.3 Å². The molecule has 0 radical (unpaired) electrons. The molecule has 1 atom stereocenters. The Labute approximate surface area is 316 Å². The zero-order valence-corrected chi connectivity index (χ0v) is 33.0. The molecule has 1 aliphatic rings. The van der Waals surface area contributed by atoms with Crippen LogP contribution in [0.15, 0.2) is 84.6 Å². The van der Waals surface area contributed by atoms with Gasteiger partial charge in [0.2, 0.25) is 0 Å². The van der Waals surface area contributed by atoms with E-state index < -0.39 is 18.0 Å². The first kappa shape index (κ1) is 36.8. The van der Waals surface area contributed by atoms with Gasteiger partial charge in [0.25, 0.3) is 5.56 Å². The van der Waals surface area contributed by atoms with Gasteiger partial charge >= 0.3 is 11.9 Å². The van der Waals surface area contributed by atoms with Crippen LogP contribution in [0, 0.1) is 3.57 Å². The predicted molar refractivity (Wildman–Crippen MR) is 201 cm³/mol. The van der Waals surface area contributed by atoms with Gasteiger partial charge in [-0.3, -0.25) is 9.36 Å². The lowest BCUT2D eigenvalue weighted by Gasteiger charge is -2.25. The molecule has 49 heavy (non-hydrogen) atoms. The monoisotopic (exact) mass is 924 g/mol. The maximum Gasteiger partial charge on any atom is 0.343 e. The topological polar surface area (TPSA) is 115 Å². The van der Waals surface area contributed by atoms with Crippen molar-refractivity contribution < 1.29 is 33.3 Å². The molecule has 2 heterocycles. The maximum atomic E-state index is 14.4. The van der Waals surface area contributed by atoms with Gasteiger partial charge in [-0.2, -0.15) is 0 Å². The molecule has 1 aromatic heterocycles. The molecule has 0 unspecified atom stereocenters. The number of benzene rings is 3. The molecule has 0 aliphatic carbocycles. The van der Waals surface area contributed by atoms with Gasteiger partial charge in [0, 0.05) is 14.5 Å². The van der Waals surface area contributed by atoms with Gasteiger partial charge in [0.05, 0.1) is 45.7 Å². The van der Waals surface area contributed by atoms with Gasteiger partial charge in [0.15, 0.2) is 22.9 Å². The number of carbonyl (C=O) groups excluding carboxylic acids is 2. The van der Waals surface area contributed by atoms with E-state index in [1.54, 1.807) is 38.1 Å². The molecule has 0 saturated heterocycles. The summed E-state index contributed by atoms with van der Waals surface area (Å²) < 4.78 is 32.5. The fourth-order valence-electron chi connectivity index (χ4n) is 5.10. The van der Waals surface area contributed by atoms with Crippen LogP contribution in [0.4, 0.5) is 0 Å². The number of allylic oxidation sites excluding steroid dienone is 1. The van der Waals surface area contributed by atoms with Crippen LogP contribution in [0.25, 0.3) is 6.08 Å². The van der Waals surface area contributed by atoms with E-state index in [0.717, 1.165) is 18.1 Å². The van der Waals surface area contributed by atoms with E-state index in [2.05, 4.69) is 54.5 Å². The average Bonchev–Trinajstić information content (AvgIpc) is 3.37. The van der Waals surface area contributed by atoms with Crippen LogP contribution in [-0.4, -0.2) is 43.4 Å². The molecule has 0 amide bonds. The highest BCUT2D eigenvalue weighted by atomic mass is 127. The first-order chi connectivity index (χ1) is 23.5. The summed E-state index contributed by atoms with van der Waals surface area (Å²) in [5, 5.41) is 0. The minimum absolute atomic E-state index is 0.141. The zero-order chi connectivity index (χ0) is 35.2. The Morgan fingerprint density at radius 1 is 0.980 bits per heavy atom. The van der Waals surface area contributed by atoms with Gasteiger partial charge in [-0.1, -0.05) is 61.4 Å². The molecule has 256 valence electrons. The van der Waals surface area contributed by atoms with Crippen molar-refractivity contribution in [1.82, 2.24) is 4.57 Å². The predicted octanol–water partition coefficient (Wildman–Crippen LogP) is 6.46. The number of aromatic nitrogens is 1. The highest BCUT2D eigenvalue weighted by Crippen LogP contribution is 2.37. The number of nitrogens with zero attached hydrogens (tertiary/aromatic N) is 2. The number of rotatable bonds is 12. The van der Waals surface area contributed by atoms with E-state index in [-0.39, 0.29) is 24.3 Å². The van der Waals surface area contributed by atoms with Crippen LogP contribution < -0.4 is 29.1 Å². The second-order valence-corrected chi connectivity index (χ2v) is 14.5. The van der Waals surface area contributed by atoms with E-state index >= 15 is 0 Å². The summed E-state index contributed by atoms with van der Waals surface area (Å²) in [6.45, 7) is 5.71. The Hall–Kier alpha value is -3.47. The number of thiazole rings is 1. The second kappa shape index (κ2) is 16.5. The summed E-state index contributed by atoms with van der Waals surface area (Å²) in [7, 11) is 1.27. The number of hydrogen-bond donors (Lipinski definition) is 0. The van der Waals surface area contributed by atoms with E-state index in [4.69, 9.17) is 28.7 Å². The quantitative estimate of drug-likeness (QED) is 0.118. The molecular weight excluding hydrogens is 895 g/mol. The van der Waals surface area contributed by atoms with Crippen LogP contribution in [0.5, 0.6) is 17.2 Å². The lowest BCUT2D eigenvalue weighted by atomic mass is 9.95. The first-order valence-electron chi connectivity index (χ1n) is 15.1. The Morgan fingerprint density at radius 2 is 1.73 bits per heavy atom. The normalized spacial score (nSPS) is 14.2. The average molecular weight is 926 g/mol. The second-order valence-electron chi connectivity index (χ2n) is 10.5. The largest absolute Gasteiger partial charge is 0.490 e. The van der Waals surface area contributed by atoms with Crippen LogP contribution in [0.1, 0.15) is 43.5 Å². The van der Waals surface area contributed by atoms with Crippen molar-refractivity contribution in [2.75, 3.05) is 26.9 Å². The molecule has 0 fully saturated rings. The number of ether oxygens (including phenoxy) is 5. The molecule has 5 rings (SSSR count). The summed E-state index contributed by atoms with van der Waals surface area (Å²) in [5.41, 5.74) is 2.56. The van der Waals surface area contributed by atoms with Crippen LogP contribution in [-0.2, 0) is 25.7 Å². The van der Waals surface area contributed by atoms with Gasteiger partial charge in [-0.05, 0) is 97.0 Å². The van der Waals surface area contributed by atoms with Gasteiger partial charge in [-0.25, -0.2) is 14.6 Å². The summed E-state index contributed by atoms with van der Waals surface area (Å²) in [6.07, 6.45) is 1.78. The van der Waals surface area contributed by atoms with Gasteiger partial charge in [-0.15, -0.1) is 0 Å². The highest BCUT2D eigenvalue weighted by molar-refractivity contribution is 14.1. The van der Waals surface area contributed by atoms with E-state index in [1.165, 1.54) is 23.0 Å². The highest BCUT2D eigenvalue weighted by Gasteiger charge is 2.34. The molecule has 4 aromatic rings. The zero-order valence-electron chi connectivity index (χ0n) is 26.9. The lowest BCUT2D eigenvalue weighted by molar-refractivity contribution is -0.143. The van der Waals surface area contributed by atoms with E-state index in [9.17, 15) is 14.4 Å². The summed E-state index contributed by atoms with van der Waals surface area (Å²) in [4.78, 5) is 44.7. The van der Waals surface area contributed by atoms with Crippen LogP contribution in [0.3, 0.4) is 0 Å². The van der Waals surface area contributed by atoms with Crippen molar-refractivity contribution >= 4 is 83.8 Å². The number of halogens is 3. The SMILES string of the molecule is CCOC(=O)C1=C(C)N=c2s/c(=C/c3cc(Br)cc(I)c3OCc3ccc(Br)cc3)c(=O)n2[C@@H]1c1ccc(OCC(=O)OC)c(OCC)c1. The third-order valence-corrected chi connectivity index (χ3v) is 10.1. The fourth-order valence-corrected chi connectivity index (χ4v) is 8.11. The number of carbonyl (C=O) groups is 2. The Kier molecular flexibility index (Phi) is 12.4. The van der Waals surface area contributed by atoms with Gasteiger partial charge in [0.1, 0.15) is 12.4 Å². The molecule has 0 bridgehead atoms. The molecule has 3 aromatic carbocycles. The van der Waals surface area contributed by atoms with Crippen molar-refractivity contribution in [1.29, 1.82) is 0 Å². The van der Waals surface area contributed by atoms with Crippen molar-refractivity contribution in [3.8, 4) is 17.2 Å². The fraction of sp³-hybridized carbons (Fsp3) is 0.257. The molecular formula is C35H31Br2IN2O8S. The minimum atomic E-state index is -0.887. The number of fused-ring (bicyclic) bond motifs is 1. The molecule has 10 nitrogen and oxygen atoms in total. The van der Waals surface area contributed by atoms with Crippen molar-refractivity contribution in [2.45, 2.75) is 33.4 Å². The van der Waals surface area contributed by atoms with Crippen molar-refractivity contribution in [3.63, 3.8) is 0 Å². The molecule has 0 spiro atoms. The Bertz CT molecular complexity index is 2110. The van der Waals surface area contributed by atoms with Crippen molar-refractivity contribution in [3.05, 3.63) is 115 Å². The molecule has 1 aliphatic heterocycles. The first-order valence-corrected chi connectivity index (χ1v) is 18.5. The molecule has 0 N–H and O–H groups in total. The number of hydrogen-bond acceptors (Lipinski definition) is 10. The van der Waals surface area contributed by atoms with Crippen molar-refractivity contribution in [2.24, 2.45) is 4.99 Å². The Balaban J connectivity index is 1.64. The smallest absolute Gasteiger partial charge is 0.343 e. The van der Waals surface area contributed by atoms with Crippen LogP contribution in [0.2, 0.25) is 0 Å². The third-order valence-electron chi connectivity index (χ3n) is 7.29.